The molecular formula is C15H16FN5O. The van der Waals surface area contributed by atoms with Crippen LogP contribution in [-0.2, 0) is 0 Å². The van der Waals surface area contributed by atoms with Gasteiger partial charge in [0.25, 0.3) is 0 Å². The van der Waals surface area contributed by atoms with Crippen molar-refractivity contribution in [2.24, 2.45) is 0 Å². The van der Waals surface area contributed by atoms with E-state index in [0.717, 1.165) is 11.1 Å². The van der Waals surface area contributed by atoms with Crippen molar-refractivity contribution in [3.63, 3.8) is 0 Å². The van der Waals surface area contributed by atoms with Crippen LogP contribution in [0.3, 0.4) is 0 Å². The molecule has 2 N–H and O–H groups in total. The number of aliphatic hydroxyl groups excluding tert-OH is 1. The number of benzene rings is 1. The maximum atomic E-state index is 13.7. The molecule has 0 aliphatic heterocycles. The molecule has 0 saturated carbocycles. The second-order valence-corrected chi connectivity index (χ2v) is 5.03. The number of aromatic nitrogens is 4. The summed E-state index contributed by atoms with van der Waals surface area (Å²) in [4.78, 5) is 17.5. The van der Waals surface area contributed by atoms with Crippen molar-refractivity contribution >= 4 is 22.8 Å². The van der Waals surface area contributed by atoms with Gasteiger partial charge in [-0.1, -0.05) is 0 Å². The van der Waals surface area contributed by atoms with Crippen molar-refractivity contribution in [2.75, 3.05) is 18.1 Å². The highest BCUT2D eigenvalue weighted by Crippen LogP contribution is 2.25. The summed E-state index contributed by atoms with van der Waals surface area (Å²) in [7, 11) is 0. The average Bonchev–Trinajstić information content (AvgIpc) is 2.94. The first kappa shape index (κ1) is 14.4. The third kappa shape index (κ3) is 2.89. The number of nitrogens with zero attached hydrogens (tertiary/aromatic N) is 4. The number of H-pyrrole nitrogens is 1. The second kappa shape index (κ2) is 6.07. The molecule has 0 fully saturated rings. The summed E-state index contributed by atoms with van der Waals surface area (Å²) in [6.07, 6.45) is 3.72. The summed E-state index contributed by atoms with van der Waals surface area (Å²) in [5, 5.41) is 9.10. The lowest BCUT2D eigenvalue weighted by molar-refractivity contribution is 0.290. The maximum Gasteiger partial charge on any atom is 0.232 e. The molecule has 0 amide bonds. The first-order valence-corrected chi connectivity index (χ1v) is 6.99. The summed E-state index contributed by atoms with van der Waals surface area (Å²) in [6.45, 7) is 2.35. The largest absolute Gasteiger partial charge is 0.396 e. The van der Waals surface area contributed by atoms with Crippen molar-refractivity contribution in [2.45, 2.75) is 13.3 Å². The van der Waals surface area contributed by atoms with E-state index in [9.17, 15) is 4.39 Å². The van der Waals surface area contributed by atoms with Gasteiger partial charge in [-0.15, -0.1) is 0 Å². The molecule has 0 aliphatic rings. The molecule has 3 aromatic rings. The standard InChI is InChI=1S/C15H16FN5O/c1-10-5-11(16)7-12(6-10)21(3-2-4-22)15-17-8-13-14(20-15)19-9-18-13/h5-9,22H,2-4H2,1H3,(H,17,18,19,20). The van der Waals surface area contributed by atoms with Crippen molar-refractivity contribution in [1.29, 1.82) is 0 Å². The van der Waals surface area contributed by atoms with Crippen LogP contribution in [0.4, 0.5) is 16.0 Å². The van der Waals surface area contributed by atoms with E-state index in [0.29, 0.717) is 30.2 Å². The SMILES string of the molecule is Cc1cc(F)cc(N(CCCO)c2ncc3[nH]cnc3n2)c1. The Balaban J connectivity index is 2.04. The maximum absolute atomic E-state index is 13.7. The summed E-state index contributed by atoms with van der Waals surface area (Å²) < 4.78 is 13.7. The van der Waals surface area contributed by atoms with Crippen LogP contribution in [0.5, 0.6) is 0 Å². The number of aryl methyl sites for hydroxylation is 1. The number of aromatic amines is 1. The van der Waals surface area contributed by atoms with Crippen LogP contribution in [0, 0.1) is 12.7 Å². The number of imidazole rings is 1. The first-order valence-electron chi connectivity index (χ1n) is 6.99. The fourth-order valence-electron chi connectivity index (χ4n) is 2.30. The Morgan fingerprint density at radius 2 is 2.14 bits per heavy atom. The Morgan fingerprint density at radius 3 is 2.91 bits per heavy atom. The second-order valence-electron chi connectivity index (χ2n) is 5.03. The third-order valence-corrected chi connectivity index (χ3v) is 3.28. The number of fused-ring (bicyclic) bond motifs is 1. The van der Waals surface area contributed by atoms with Gasteiger partial charge in [0, 0.05) is 18.8 Å². The van der Waals surface area contributed by atoms with Gasteiger partial charge in [0.05, 0.1) is 12.5 Å². The fraction of sp³-hybridized carbons (Fsp3) is 0.267. The normalized spacial score (nSPS) is 11.0. The summed E-state index contributed by atoms with van der Waals surface area (Å²) in [5.41, 5.74) is 2.75. The van der Waals surface area contributed by atoms with E-state index < -0.39 is 0 Å². The molecule has 6 nitrogen and oxygen atoms in total. The Bertz CT molecular complexity index is 768. The molecule has 0 unspecified atom stereocenters. The van der Waals surface area contributed by atoms with Crippen LogP contribution in [0.25, 0.3) is 11.2 Å². The van der Waals surface area contributed by atoms with Crippen LogP contribution < -0.4 is 4.90 Å². The predicted molar refractivity (Wildman–Crippen MR) is 81.5 cm³/mol. The highest BCUT2D eigenvalue weighted by atomic mass is 19.1. The van der Waals surface area contributed by atoms with Gasteiger partial charge in [-0.2, -0.15) is 4.98 Å². The Hall–Kier alpha value is -2.54. The molecule has 2 aromatic heterocycles. The van der Waals surface area contributed by atoms with Crippen LogP contribution in [0.1, 0.15) is 12.0 Å². The number of nitrogens with one attached hydrogen (secondary N) is 1. The molecule has 1 aromatic carbocycles. The molecule has 22 heavy (non-hydrogen) atoms. The van der Waals surface area contributed by atoms with E-state index in [2.05, 4.69) is 19.9 Å². The summed E-state index contributed by atoms with van der Waals surface area (Å²) in [5.74, 6) is 0.114. The van der Waals surface area contributed by atoms with E-state index >= 15 is 0 Å². The van der Waals surface area contributed by atoms with E-state index in [-0.39, 0.29) is 12.4 Å². The summed E-state index contributed by atoms with van der Waals surface area (Å²) in [6, 6.07) is 4.76. The monoisotopic (exact) mass is 301 g/mol. The number of hydrogen-bond donors (Lipinski definition) is 2. The van der Waals surface area contributed by atoms with E-state index in [1.54, 1.807) is 17.4 Å². The van der Waals surface area contributed by atoms with E-state index in [1.165, 1.54) is 12.1 Å². The minimum absolute atomic E-state index is 0.0371. The lowest BCUT2D eigenvalue weighted by Gasteiger charge is -2.22. The van der Waals surface area contributed by atoms with Gasteiger partial charge in [0.15, 0.2) is 5.65 Å². The van der Waals surface area contributed by atoms with Gasteiger partial charge in [0.2, 0.25) is 5.95 Å². The Kier molecular flexibility index (Phi) is 3.97. The number of hydrogen-bond acceptors (Lipinski definition) is 5. The molecular weight excluding hydrogens is 285 g/mol. The molecule has 3 rings (SSSR count). The Labute approximate surface area is 126 Å². The van der Waals surface area contributed by atoms with Crippen molar-refractivity contribution in [3.8, 4) is 0 Å². The van der Waals surface area contributed by atoms with Crippen molar-refractivity contribution in [3.05, 3.63) is 42.1 Å². The first-order chi connectivity index (χ1) is 10.7. The number of rotatable bonds is 5. The van der Waals surface area contributed by atoms with Crippen LogP contribution >= 0.6 is 0 Å². The molecule has 2 heterocycles. The minimum Gasteiger partial charge on any atom is -0.396 e. The molecule has 0 saturated heterocycles. The topological polar surface area (TPSA) is 77.9 Å². The molecule has 0 radical (unpaired) electrons. The third-order valence-electron chi connectivity index (χ3n) is 3.28. The van der Waals surface area contributed by atoms with Crippen LogP contribution in [0.15, 0.2) is 30.7 Å². The van der Waals surface area contributed by atoms with Gasteiger partial charge in [-0.25, -0.2) is 14.4 Å². The van der Waals surface area contributed by atoms with E-state index in [4.69, 9.17) is 5.11 Å². The number of anilines is 2. The zero-order chi connectivity index (χ0) is 15.5. The Morgan fingerprint density at radius 1 is 1.27 bits per heavy atom. The van der Waals surface area contributed by atoms with Crippen molar-refractivity contribution < 1.29 is 9.50 Å². The van der Waals surface area contributed by atoms with Gasteiger partial charge >= 0.3 is 0 Å². The zero-order valence-electron chi connectivity index (χ0n) is 12.1. The van der Waals surface area contributed by atoms with Crippen LogP contribution in [0.2, 0.25) is 0 Å². The van der Waals surface area contributed by atoms with Gasteiger partial charge in [-0.05, 0) is 37.1 Å². The minimum atomic E-state index is -0.315. The highest BCUT2D eigenvalue weighted by molar-refractivity contribution is 5.71. The highest BCUT2D eigenvalue weighted by Gasteiger charge is 2.14. The smallest absolute Gasteiger partial charge is 0.232 e. The fourth-order valence-corrected chi connectivity index (χ4v) is 2.30. The quantitative estimate of drug-likeness (QED) is 0.756. The molecule has 0 bridgehead atoms. The average molecular weight is 301 g/mol. The molecule has 0 atom stereocenters. The van der Waals surface area contributed by atoms with Gasteiger partial charge < -0.3 is 15.0 Å². The zero-order valence-corrected chi connectivity index (χ0v) is 12.1. The molecule has 114 valence electrons. The molecule has 0 aliphatic carbocycles. The van der Waals surface area contributed by atoms with E-state index in [1.807, 2.05) is 13.0 Å². The van der Waals surface area contributed by atoms with Crippen molar-refractivity contribution in [1.82, 2.24) is 19.9 Å². The van der Waals surface area contributed by atoms with Gasteiger partial charge in [-0.3, -0.25) is 0 Å². The van der Waals surface area contributed by atoms with Gasteiger partial charge in [0.1, 0.15) is 11.3 Å². The number of halogens is 1. The molecule has 0 spiro atoms. The number of aliphatic hydroxyl groups is 1. The molecule has 7 heteroatoms. The lowest BCUT2D eigenvalue weighted by atomic mass is 10.2. The van der Waals surface area contributed by atoms with Crippen LogP contribution in [-0.4, -0.2) is 38.2 Å². The lowest BCUT2D eigenvalue weighted by Crippen LogP contribution is -2.22. The summed E-state index contributed by atoms with van der Waals surface area (Å²) >= 11 is 0. The predicted octanol–water partition coefficient (Wildman–Crippen LogP) is 2.32.